The van der Waals surface area contributed by atoms with Crippen LogP contribution in [0.4, 0.5) is 20.2 Å². The van der Waals surface area contributed by atoms with Gasteiger partial charge in [0, 0.05) is 26.2 Å². The van der Waals surface area contributed by atoms with E-state index in [1.165, 1.54) is 24.3 Å². The predicted molar refractivity (Wildman–Crippen MR) is 78.0 cm³/mol. The van der Waals surface area contributed by atoms with E-state index in [2.05, 4.69) is 10.6 Å². The molecule has 2 N–H and O–H groups in total. The first-order valence-electron chi connectivity index (χ1n) is 6.34. The predicted octanol–water partition coefficient (Wildman–Crippen LogP) is 3.46. The van der Waals surface area contributed by atoms with E-state index in [9.17, 15) is 8.78 Å². The topological polar surface area (TPSA) is 42.5 Å². The number of halogens is 2. The van der Waals surface area contributed by atoms with Crippen molar-refractivity contribution in [3.63, 3.8) is 0 Å². The Morgan fingerprint density at radius 1 is 0.810 bits per heavy atom. The van der Waals surface area contributed by atoms with Crippen LogP contribution in [-0.4, -0.2) is 20.9 Å². The summed E-state index contributed by atoms with van der Waals surface area (Å²) in [5.74, 6) is -0.184. The molecule has 0 bridgehead atoms. The molecule has 2 aromatic rings. The lowest BCUT2D eigenvalue weighted by Gasteiger charge is -2.14. The molecule has 6 heteroatoms. The molecule has 0 radical (unpaired) electrons. The summed E-state index contributed by atoms with van der Waals surface area (Å²) in [6.07, 6.45) is 0. The minimum Gasteiger partial charge on any atom is -0.455 e. The van der Waals surface area contributed by atoms with Gasteiger partial charge in [-0.05, 0) is 24.3 Å². The highest BCUT2D eigenvalue weighted by Crippen LogP contribution is 2.27. The van der Waals surface area contributed by atoms with Crippen LogP contribution < -0.4 is 20.1 Å². The standard InChI is InChI=1S/C15H16F2N2O2/c1-18-12-5-3-10(16)7-14(12)20-9-21-15-8-11(17)4-6-13(15)19-2/h3-8,18-19H,9H2,1-2H3. The van der Waals surface area contributed by atoms with Gasteiger partial charge in [-0.25, -0.2) is 8.78 Å². The molecule has 0 aliphatic heterocycles. The Kier molecular flexibility index (Phi) is 4.81. The fourth-order valence-electron chi connectivity index (χ4n) is 1.80. The third-order valence-corrected chi connectivity index (χ3v) is 2.85. The van der Waals surface area contributed by atoms with E-state index in [1.807, 2.05) is 0 Å². The van der Waals surface area contributed by atoms with E-state index in [4.69, 9.17) is 9.47 Å². The second-order valence-corrected chi connectivity index (χ2v) is 4.19. The molecule has 0 amide bonds. The Bertz CT molecular complexity index is 567. The number of rotatable bonds is 6. The van der Waals surface area contributed by atoms with Crippen LogP contribution in [0.3, 0.4) is 0 Å². The van der Waals surface area contributed by atoms with Crippen molar-refractivity contribution in [2.75, 3.05) is 31.5 Å². The first kappa shape index (κ1) is 14.9. The first-order chi connectivity index (χ1) is 10.1. The summed E-state index contributed by atoms with van der Waals surface area (Å²) >= 11 is 0. The molecule has 0 aliphatic carbocycles. The molecule has 0 aliphatic rings. The van der Waals surface area contributed by atoms with Crippen LogP contribution in [0, 0.1) is 11.6 Å². The molecule has 0 saturated heterocycles. The van der Waals surface area contributed by atoms with E-state index in [0.29, 0.717) is 22.9 Å². The molecule has 0 saturated carbocycles. The number of anilines is 2. The fraction of sp³-hybridized carbons (Fsp3) is 0.200. The zero-order valence-electron chi connectivity index (χ0n) is 11.7. The molecular weight excluding hydrogens is 278 g/mol. The molecular formula is C15H16F2N2O2. The quantitative estimate of drug-likeness (QED) is 0.801. The van der Waals surface area contributed by atoms with Gasteiger partial charge in [0.1, 0.15) is 23.1 Å². The van der Waals surface area contributed by atoms with Crippen molar-refractivity contribution in [3.8, 4) is 11.5 Å². The monoisotopic (exact) mass is 294 g/mol. The second kappa shape index (κ2) is 6.78. The molecule has 0 spiro atoms. The van der Waals surface area contributed by atoms with Gasteiger partial charge in [-0.3, -0.25) is 0 Å². The van der Waals surface area contributed by atoms with Crippen LogP contribution in [0.1, 0.15) is 0 Å². The maximum Gasteiger partial charge on any atom is 0.231 e. The van der Waals surface area contributed by atoms with Crippen LogP contribution in [0.2, 0.25) is 0 Å². The molecule has 0 aromatic heterocycles. The van der Waals surface area contributed by atoms with Crippen LogP contribution in [0.25, 0.3) is 0 Å². The Balaban J connectivity index is 2.05. The maximum absolute atomic E-state index is 13.2. The van der Waals surface area contributed by atoms with Crippen molar-refractivity contribution in [1.82, 2.24) is 0 Å². The molecule has 2 rings (SSSR count). The molecule has 0 unspecified atom stereocenters. The number of nitrogens with one attached hydrogen (secondary N) is 2. The lowest BCUT2D eigenvalue weighted by Crippen LogP contribution is -2.08. The Morgan fingerprint density at radius 2 is 1.24 bits per heavy atom. The van der Waals surface area contributed by atoms with Gasteiger partial charge < -0.3 is 20.1 Å². The van der Waals surface area contributed by atoms with Crippen molar-refractivity contribution in [2.45, 2.75) is 0 Å². The fourth-order valence-corrected chi connectivity index (χ4v) is 1.80. The largest absolute Gasteiger partial charge is 0.455 e. The van der Waals surface area contributed by atoms with Crippen molar-refractivity contribution >= 4 is 11.4 Å². The average Bonchev–Trinajstić information content (AvgIpc) is 2.48. The summed E-state index contributed by atoms with van der Waals surface area (Å²) in [5, 5.41) is 5.77. The summed E-state index contributed by atoms with van der Waals surface area (Å²) in [5.41, 5.74) is 1.26. The number of benzene rings is 2. The number of hydrogen-bond acceptors (Lipinski definition) is 4. The molecule has 0 fully saturated rings. The van der Waals surface area contributed by atoms with Gasteiger partial charge in [-0.15, -0.1) is 0 Å². The Labute approximate surface area is 121 Å². The van der Waals surface area contributed by atoms with E-state index >= 15 is 0 Å². The van der Waals surface area contributed by atoms with Gasteiger partial charge in [0.15, 0.2) is 0 Å². The molecule has 0 atom stereocenters. The summed E-state index contributed by atoms with van der Waals surface area (Å²) < 4.78 is 37.1. The molecule has 21 heavy (non-hydrogen) atoms. The third-order valence-electron chi connectivity index (χ3n) is 2.85. The number of ether oxygens (including phenoxy) is 2. The summed E-state index contributed by atoms with van der Waals surface area (Å²) in [6.45, 7) is -0.170. The Hall–Kier alpha value is -2.50. The molecule has 112 valence electrons. The summed E-state index contributed by atoms with van der Waals surface area (Å²) in [6, 6.07) is 8.27. The van der Waals surface area contributed by atoms with Crippen LogP contribution in [-0.2, 0) is 0 Å². The van der Waals surface area contributed by atoms with Gasteiger partial charge in [-0.1, -0.05) is 0 Å². The van der Waals surface area contributed by atoms with Crippen molar-refractivity contribution in [2.24, 2.45) is 0 Å². The van der Waals surface area contributed by atoms with Gasteiger partial charge in [-0.2, -0.15) is 0 Å². The smallest absolute Gasteiger partial charge is 0.231 e. The van der Waals surface area contributed by atoms with Crippen LogP contribution >= 0.6 is 0 Å². The lowest BCUT2D eigenvalue weighted by molar-refractivity contribution is 0.120. The summed E-state index contributed by atoms with van der Waals surface area (Å²) in [7, 11) is 3.40. The zero-order valence-corrected chi connectivity index (χ0v) is 11.7. The zero-order chi connectivity index (χ0) is 15.2. The SMILES string of the molecule is CNc1ccc(F)cc1OCOc1cc(F)ccc1NC. The summed E-state index contributed by atoms with van der Waals surface area (Å²) in [4.78, 5) is 0. The molecule has 2 aromatic carbocycles. The van der Waals surface area contributed by atoms with Gasteiger partial charge in [0.2, 0.25) is 6.79 Å². The van der Waals surface area contributed by atoms with Gasteiger partial charge >= 0.3 is 0 Å². The minimum atomic E-state index is -0.411. The van der Waals surface area contributed by atoms with Crippen molar-refractivity contribution in [1.29, 1.82) is 0 Å². The average molecular weight is 294 g/mol. The lowest BCUT2D eigenvalue weighted by atomic mass is 10.3. The third kappa shape index (κ3) is 3.75. The highest BCUT2D eigenvalue weighted by molar-refractivity contribution is 5.57. The van der Waals surface area contributed by atoms with Crippen LogP contribution in [0.5, 0.6) is 11.5 Å². The number of hydrogen-bond donors (Lipinski definition) is 2. The Morgan fingerprint density at radius 3 is 1.62 bits per heavy atom. The highest BCUT2D eigenvalue weighted by atomic mass is 19.1. The second-order valence-electron chi connectivity index (χ2n) is 4.19. The highest BCUT2D eigenvalue weighted by Gasteiger charge is 2.07. The van der Waals surface area contributed by atoms with E-state index < -0.39 is 11.6 Å². The molecule has 4 nitrogen and oxygen atoms in total. The van der Waals surface area contributed by atoms with Crippen molar-refractivity contribution < 1.29 is 18.3 Å². The van der Waals surface area contributed by atoms with E-state index in [0.717, 1.165) is 0 Å². The molecule has 0 heterocycles. The minimum absolute atomic E-state index is 0.170. The van der Waals surface area contributed by atoms with E-state index in [1.54, 1.807) is 26.2 Å². The van der Waals surface area contributed by atoms with Gasteiger partial charge in [0.05, 0.1) is 11.4 Å². The van der Waals surface area contributed by atoms with Crippen molar-refractivity contribution in [3.05, 3.63) is 48.0 Å². The maximum atomic E-state index is 13.2. The first-order valence-corrected chi connectivity index (χ1v) is 6.34. The van der Waals surface area contributed by atoms with E-state index in [-0.39, 0.29) is 6.79 Å². The van der Waals surface area contributed by atoms with Crippen LogP contribution in [0.15, 0.2) is 36.4 Å². The normalized spacial score (nSPS) is 10.1. The van der Waals surface area contributed by atoms with Gasteiger partial charge in [0.25, 0.3) is 0 Å².